The summed E-state index contributed by atoms with van der Waals surface area (Å²) in [5.41, 5.74) is 0. The van der Waals surface area contributed by atoms with Gasteiger partial charge in [-0.1, -0.05) is 0 Å². The highest BCUT2D eigenvalue weighted by Crippen LogP contribution is 1.78. The van der Waals surface area contributed by atoms with E-state index in [1.807, 2.05) is 0 Å². The number of guanidine groups is 1. The highest BCUT2D eigenvalue weighted by molar-refractivity contribution is 7.80. The number of nitrogens with one attached hydrogen (secondary N) is 2. The van der Waals surface area contributed by atoms with E-state index in [1.165, 1.54) is 0 Å². The second-order valence-corrected chi connectivity index (χ2v) is 2.52. The van der Waals surface area contributed by atoms with Crippen molar-refractivity contribution in [3.8, 4) is 18.5 Å². The molecule has 0 rings (SSSR count). The summed E-state index contributed by atoms with van der Waals surface area (Å²) in [4.78, 5) is 4.04. The molecule has 0 fully saturated rings. The van der Waals surface area contributed by atoms with E-state index in [4.69, 9.17) is 11.7 Å². The minimum absolute atomic E-state index is 0.451. The first-order valence-electron chi connectivity index (χ1n) is 3.83. The van der Waals surface area contributed by atoms with E-state index in [9.17, 15) is 0 Å². The largest absolute Gasteiger partial charge is 0.355 e. The van der Waals surface area contributed by atoms with Crippen LogP contribution in [0.3, 0.4) is 0 Å². The van der Waals surface area contributed by atoms with Crippen molar-refractivity contribution >= 4 is 18.6 Å². The Morgan fingerprint density at radius 1 is 1.62 bits per heavy atom. The van der Waals surface area contributed by atoms with Gasteiger partial charge in [-0.2, -0.15) is 17.9 Å². The summed E-state index contributed by atoms with van der Waals surface area (Å²) < 4.78 is 0. The lowest BCUT2D eigenvalue weighted by molar-refractivity contribution is 0.904. The van der Waals surface area contributed by atoms with Crippen LogP contribution in [0.4, 0.5) is 0 Å². The molecule has 0 aromatic rings. The van der Waals surface area contributed by atoms with Crippen LogP contribution in [0.15, 0.2) is 4.99 Å². The number of nitriles is 1. The summed E-state index contributed by atoms with van der Waals surface area (Å²) in [5, 5.41) is 13.7. The molecule has 0 saturated carbocycles. The topological polar surface area (TPSA) is 60.2 Å². The zero-order valence-corrected chi connectivity index (χ0v) is 8.14. The molecule has 5 heteroatoms. The third-order valence-corrected chi connectivity index (χ3v) is 1.33. The summed E-state index contributed by atoms with van der Waals surface area (Å²) in [5.74, 6) is 3.59. The molecule has 0 aromatic carbocycles. The first-order valence-corrected chi connectivity index (χ1v) is 4.46. The van der Waals surface area contributed by atoms with Crippen molar-refractivity contribution in [3.63, 3.8) is 0 Å². The Morgan fingerprint density at radius 3 is 2.92 bits per heavy atom. The standard InChI is InChI=1S/C8H12N4S/c1-2-3-4-10-8(12-7-9)11-5-6-13/h1,13H,3-6H2,(H2,10,11,12). The molecule has 0 heterocycles. The van der Waals surface area contributed by atoms with Gasteiger partial charge in [0.2, 0.25) is 5.96 Å². The van der Waals surface area contributed by atoms with E-state index in [0.717, 1.165) is 0 Å². The van der Waals surface area contributed by atoms with E-state index < -0.39 is 0 Å². The van der Waals surface area contributed by atoms with Crippen LogP contribution in [-0.2, 0) is 0 Å². The number of rotatable bonds is 4. The summed E-state index contributed by atoms with van der Waals surface area (Å²) in [6.07, 6.45) is 7.40. The fourth-order valence-electron chi connectivity index (χ4n) is 0.599. The van der Waals surface area contributed by atoms with Crippen LogP contribution < -0.4 is 10.6 Å². The molecule has 0 aliphatic carbocycles. The van der Waals surface area contributed by atoms with Crippen LogP contribution in [0, 0.1) is 23.8 Å². The molecule has 70 valence electrons. The van der Waals surface area contributed by atoms with E-state index in [2.05, 4.69) is 34.2 Å². The lowest BCUT2D eigenvalue weighted by atomic mass is 10.5. The van der Waals surface area contributed by atoms with Gasteiger partial charge in [-0.05, 0) is 0 Å². The SMILES string of the molecule is C#CCCN=C(NC#N)NCCS. The fraction of sp³-hybridized carbons (Fsp3) is 0.500. The van der Waals surface area contributed by atoms with E-state index >= 15 is 0 Å². The number of nitrogens with zero attached hydrogens (tertiary/aromatic N) is 2. The second-order valence-electron chi connectivity index (χ2n) is 2.07. The van der Waals surface area contributed by atoms with Crippen molar-refractivity contribution in [2.24, 2.45) is 4.99 Å². The molecule has 13 heavy (non-hydrogen) atoms. The number of terminal acetylenes is 1. The normalized spacial score (nSPS) is 9.92. The molecule has 0 aliphatic rings. The Labute approximate surface area is 83.8 Å². The van der Waals surface area contributed by atoms with Gasteiger partial charge in [0.15, 0.2) is 6.19 Å². The zero-order chi connectivity index (χ0) is 9.94. The predicted molar refractivity (Wildman–Crippen MR) is 56.4 cm³/mol. The Morgan fingerprint density at radius 2 is 2.38 bits per heavy atom. The van der Waals surface area contributed by atoms with Crippen molar-refractivity contribution < 1.29 is 0 Å². The Hall–Kier alpha value is -1.33. The molecule has 0 saturated heterocycles. The summed E-state index contributed by atoms with van der Waals surface area (Å²) >= 11 is 4.01. The Kier molecular flexibility index (Phi) is 7.87. The van der Waals surface area contributed by atoms with Crippen molar-refractivity contribution in [2.75, 3.05) is 18.8 Å². The molecule has 0 atom stereocenters. The monoisotopic (exact) mass is 196 g/mol. The maximum atomic E-state index is 8.35. The van der Waals surface area contributed by atoms with E-state index in [0.29, 0.717) is 31.2 Å². The third-order valence-electron chi connectivity index (χ3n) is 1.10. The molecule has 0 radical (unpaired) electrons. The molecule has 0 aromatic heterocycles. The molecule has 0 unspecified atom stereocenters. The molecule has 0 aliphatic heterocycles. The van der Waals surface area contributed by atoms with Gasteiger partial charge in [0, 0.05) is 18.7 Å². The minimum Gasteiger partial charge on any atom is -0.355 e. The lowest BCUT2D eigenvalue weighted by Crippen LogP contribution is -2.35. The van der Waals surface area contributed by atoms with Gasteiger partial charge in [0.25, 0.3) is 0 Å². The van der Waals surface area contributed by atoms with E-state index in [-0.39, 0.29) is 0 Å². The van der Waals surface area contributed by atoms with Gasteiger partial charge in [0.1, 0.15) is 0 Å². The second kappa shape index (κ2) is 8.76. The number of thiol groups is 1. The van der Waals surface area contributed by atoms with Gasteiger partial charge in [-0.3, -0.25) is 10.3 Å². The fourth-order valence-corrected chi connectivity index (χ4v) is 0.711. The van der Waals surface area contributed by atoms with Crippen LogP contribution >= 0.6 is 12.6 Å². The van der Waals surface area contributed by atoms with Gasteiger partial charge < -0.3 is 5.32 Å². The van der Waals surface area contributed by atoms with Gasteiger partial charge in [-0.25, -0.2) is 0 Å². The van der Waals surface area contributed by atoms with Gasteiger partial charge in [0.05, 0.1) is 6.54 Å². The lowest BCUT2D eigenvalue weighted by Gasteiger charge is -2.04. The maximum Gasteiger partial charge on any atom is 0.204 e. The number of hydrogen-bond donors (Lipinski definition) is 3. The molecular formula is C8H12N4S. The third kappa shape index (κ3) is 7.04. The number of hydrogen-bond acceptors (Lipinski definition) is 3. The molecule has 0 amide bonds. The van der Waals surface area contributed by atoms with Crippen LogP contribution in [-0.4, -0.2) is 24.8 Å². The van der Waals surface area contributed by atoms with Gasteiger partial charge in [-0.15, -0.1) is 12.3 Å². The Balaban J connectivity index is 3.86. The van der Waals surface area contributed by atoms with Crippen LogP contribution in [0.1, 0.15) is 6.42 Å². The first kappa shape index (κ1) is 11.7. The summed E-state index contributed by atoms with van der Waals surface area (Å²) in [6.45, 7) is 1.17. The first-order chi connectivity index (χ1) is 6.35. The molecular weight excluding hydrogens is 184 g/mol. The van der Waals surface area contributed by atoms with Crippen LogP contribution in [0.5, 0.6) is 0 Å². The average molecular weight is 196 g/mol. The molecule has 0 spiro atoms. The molecule has 2 N–H and O–H groups in total. The zero-order valence-electron chi connectivity index (χ0n) is 7.25. The molecule has 0 bridgehead atoms. The van der Waals surface area contributed by atoms with Gasteiger partial charge >= 0.3 is 0 Å². The maximum absolute atomic E-state index is 8.35. The number of aliphatic imine (C=N–C) groups is 1. The summed E-state index contributed by atoms with van der Waals surface area (Å²) in [7, 11) is 0. The Bertz CT molecular complexity index is 236. The van der Waals surface area contributed by atoms with Crippen molar-refractivity contribution in [3.05, 3.63) is 0 Å². The minimum atomic E-state index is 0.451. The van der Waals surface area contributed by atoms with Crippen molar-refractivity contribution in [1.82, 2.24) is 10.6 Å². The summed E-state index contributed by atoms with van der Waals surface area (Å²) in [6, 6.07) is 0. The quantitative estimate of drug-likeness (QED) is 0.112. The predicted octanol–water partition coefficient (Wildman–Crippen LogP) is -0.0442. The van der Waals surface area contributed by atoms with Crippen LogP contribution in [0.2, 0.25) is 0 Å². The highest BCUT2D eigenvalue weighted by Gasteiger charge is 1.93. The van der Waals surface area contributed by atoms with Crippen molar-refractivity contribution in [2.45, 2.75) is 6.42 Å². The average Bonchev–Trinajstić information content (AvgIpc) is 2.14. The smallest absolute Gasteiger partial charge is 0.204 e. The van der Waals surface area contributed by atoms with E-state index in [1.54, 1.807) is 6.19 Å². The highest BCUT2D eigenvalue weighted by atomic mass is 32.1. The van der Waals surface area contributed by atoms with Crippen molar-refractivity contribution in [1.29, 1.82) is 5.26 Å². The molecule has 4 nitrogen and oxygen atoms in total. The van der Waals surface area contributed by atoms with Crippen LogP contribution in [0.25, 0.3) is 0 Å².